The lowest BCUT2D eigenvalue weighted by Crippen LogP contribution is -2.07. The molecule has 0 unspecified atom stereocenters. The number of pyridine rings is 1. The Kier molecular flexibility index (Phi) is 7.11. The number of rotatable bonds is 2. The number of thiol groups is 1. The van der Waals surface area contributed by atoms with Crippen LogP contribution in [0.15, 0.2) is 23.2 Å². The molecule has 0 spiro atoms. The van der Waals surface area contributed by atoms with Gasteiger partial charge in [-0.25, -0.2) is 0 Å². The molecule has 0 amide bonds. The zero-order valence-electron chi connectivity index (χ0n) is 10.2. The van der Waals surface area contributed by atoms with Crippen molar-refractivity contribution in [1.82, 2.24) is 4.98 Å². The zero-order chi connectivity index (χ0) is 11.9. The van der Waals surface area contributed by atoms with Gasteiger partial charge in [-0.1, -0.05) is 34.6 Å². The molecule has 0 atom stereocenters. The fourth-order valence-corrected chi connectivity index (χ4v) is 2.37. The second-order valence-electron chi connectivity index (χ2n) is 3.82. The van der Waals surface area contributed by atoms with Gasteiger partial charge in [0.05, 0.1) is 5.69 Å². The molecular weight excluding hydrogens is 222 g/mol. The van der Waals surface area contributed by atoms with Crippen molar-refractivity contribution in [2.24, 2.45) is 0 Å². The van der Waals surface area contributed by atoms with Gasteiger partial charge < -0.3 is 0 Å². The summed E-state index contributed by atoms with van der Waals surface area (Å²) >= 11 is 6.09. The van der Waals surface area contributed by atoms with E-state index < -0.39 is 0 Å². The molecule has 86 valence electrons. The monoisotopic (exact) mass is 243 g/mol. The van der Waals surface area contributed by atoms with Crippen molar-refractivity contribution in [3.63, 3.8) is 0 Å². The van der Waals surface area contributed by atoms with Gasteiger partial charge in [-0.3, -0.25) is 4.98 Å². The third kappa shape index (κ3) is 6.10. The molecule has 1 nitrogen and oxygen atoms in total. The second-order valence-corrected chi connectivity index (χ2v) is 6.01. The van der Waals surface area contributed by atoms with Crippen LogP contribution in [-0.4, -0.2) is 9.73 Å². The van der Waals surface area contributed by atoms with E-state index in [-0.39, 0.29) is 4.75 Å². The first kappa shape index (κ1) is 14.8. The highest BCUT2D eigenvalue weighted by atomic mass is 32.2. The fourth-order valence-electron chi connectivity index (χ4n) is 0.965. The maximum Gasteiger partial charge on any atom is 0.0635 e. The van der Waals surface area contributed by atoms with Crippen LogP contribution in [0.1, 0.15) is 40.3 Å². The van der Waals surface area contributed by atoms with Crippen molar-refractivity contribution in [2.45, 2.75) is 50.0 Å². The van der Waals surface area contributed by atoms with Crippen LogP contribution >= 0.6 is 24.4 Å². The van der Waals surface area contributed by atoms with E-state index in [2.05, 4.69) is 44.5 Å². The summed E-state index contributed by atoms with van der Waals surface area (Å²) in [5.74, 6) is 0.708. The lowest BCUT2D eigenvalue weighted by atomic mass is 10.3. The molecule has 1 heterocycles. The van der Waals surface area contributed by atoms with Gasteiger partial charge in [0.1, 0.15) is 0 Å². The minimum Gasteiger partial charge on any atom is -0.259 e. The topological polar surface area (TPSA) is 12.9 Å². The summed E-state index contributed by atoms with van der Waals surface area (Å²) in [6.07, 6.45) is 1.82. The molecule has 0 N–H and O–H groups in total. The van der Waals surface area contributed by atoms with Crippen molar-refractivity contribution in [2.75, 3.05) is 0 Å². The Morgan fingerprint density at radius 1 is 1.33 bits per heavy atom. The molecule has 0 aliphatic rings. The highest BCUT2D eigenvalue weighted by molar-refractivity contribution is 8.00. The maximum atomic E-state index is 4.28. The number of nitrogens with zero attached hydrogens (tertiary/aromatic N) is 1. The summed E-state index contributed by atoms with van der Waals surface area (Å²) in [6, 6.07) is 4.08. The second kappa shape index (κ2) is 7.18. The van der Waals surface area contributed by atoms with Crippen LogP contribution in [0.2, 0.25) is 0 Å². The molecule has 15 heavy (non-hydrogen) atoms. The molecule has 3 heteroatoms. The number of hydrogen-bond donors (Lipinski definition) is 1. The van der Waals surface area contributed by atoms with E-state index in [9.17, 15) is 0 Å². The number of hydrogen-bond acceptors (Lipinski definition) is 3. The van der Waals surface area contributed by atoms with Crippen LogP contribution in [0, 0.1) is 0 Å². The Balaban J connectivity index is 0.000000921. The van der Waals surface area contributed by atoms with Crippen molar-refractivity contribution in [3.05, 3.63) is 24.0 Å². The van der Waals surface area contributed by atoms with E-state index in [0.29, 0.717) is 5.75 Å². The molecule has 0 aromatic carbocycles. The van der Waals surface area contributed by atoms with Crippen LogP contribution in [0.4, 0.5) is 0 Å². The Hall–Kier alpha value is -0.150. The van der Waals surface area contributed by atoms with Gasteiger partial charge >= 0.3 is 0 Å². The Bertz CT molecular complexity index is 279. The van der Waals surface area contributed by atoms with Gasteiger partial charge in [0.2, 0.25) is 0 Å². The van der Waals surface area contributed by atoms with E-state index in [1.54, 1.807) is 0 Å². The van der Waals surface area contributed by atoms with Gasteiger partial charge in [-0.05, 0) is 12.1 Å². The molecule has 1 rings (SSSR count). The van der Waals surface area contributed by atoms with Crippen LogP contribution in [-0.2, 0) is 5.75 Å². The summed E-state index contributed by atoms with van der Waals surface area (Å²) in [6.45, 7) is 10.6. The highest BCUT2D eigenvalue weighted by Crippen LogP contribution is 2.33. The molecule has 0 radical (unpaired) electrons. The molecule has 1 aromatic heterocycles. The SMILES string of the molecule is CC.CC(C)(C)Sc1cccnc1CS. The Labute approximate surface area is 103 Å². The Morgan fingerprint density at radius 3 is 2.40 bits per heavy atom. The lowest BCUT2D eigenvalue weighted by Gasteiger charge is -2.18. The van der Waals surface area contributed by atoms with Crippen LogP contribution < -0.4 is 0 Å². The van der Waals surface area contributed by atoms with Gasteiger partial charge in [0, 0.05) is 21.6 Å². The fraction of sp³-hybridized carbons (Fsp3) is 0.583. The third-order valence-corrected chi connectivity index (χ3v) is 2.92. The third-order valence-electron chi connectivity index (χ3n) is 1.41. The molecule has 0 saturated carbocycles. The summed E-state index contributed by atoms with van der Waals surface area (Å²) < 4.78 is 0.237. The maximum absolute atomic E-state index is 4.28. The van der Waals surface area contributed by atoms with Crippen LogP contribution in [0.3, 0.4) is 0 Å². The van der Waals surface area contributed by atoms with Gasteiger partial charge in [-0.2, -0.15) is 12.6 Å². The summed E-state index contributed by atoms with van der Waals surface area (Å²) in [5, 5.41) is 0. The normalized spacial score (nSPS) is 10.5. The smallest absolute Gasteiger partial charge is 0.0635 e. The van der Waals surface area contributed by atoms with Crippen molar-refractivity contribution < 1.29 is 0 Å². The van der Waals surface area contributed by atoms with E-state index in [1.165, 1.54) is 4.90 Å². The van der Waals surface area contributed by atoms with Crippen molar-refractivity contribution >= 4 is 24.4 Å². The minimum atomic E-state index is 0.237. The molecule has 1 aromatic rings. The minimum absolute atomic E-state index is 0.237. The molecule has 0 aliphatic carbocycles. The van der Waals surface area contributed by atoms with E-state index in [4.69, 9.17) is 0 Å². The first-order valence-corrected chi connectivity index (χ1v) is 6.71. The molecular formula is C12H21NS2. The summed E-state index contributed by atoms with van der Waals surface area (Å²) in [7, 11) is 0. The molecule has 0 bridgehead atoms. The van der Waals surface area contributed by atoms with Crippen molar-refractivity contribution in [1.29, 1.82) is 0 Å². The number of thioether (sulfide) groups is 1. The highest BCUT2D eigenvalue weighted by Gasteiger charge is 2.14. The molecule has 0 saturated heterocycles. The van der Waals surface area contributed by atoms with Crippen LogP contribution in [0.25, 0.3) is 0 Å². The van der Waals surface area contributed by atoms with E-state index in [1.807, 2.05) is 37.9 Å². The van der Waals surface area contributed by atoms with Crippen molar-refractivity contribution in [3.8, 4) is 0 Å². The largest absolute Gasteiger partial charge is 0.259 e. The first-order chi connectivity index (χ1) is 7.03. The predicted octanol–water partition coefficient (Wildman–Crippen LogP) is 4.43. The molecule has 0 aliphatic heterocycles. The standard InChI is InChI=1S/C10H15NS2.C2H6/c1-10(2,3)13-9-5-4-6-11-8(9)7-12;1-2/h4-6,12H,7H2,1-3H3;1-2H3. The van der Waals surface area contributed by atoms with Crippen LogP contribution in [0.5, 0.6) is 0 Å². The summed E-state index contributed by atoms with van der Waals surface area (Å²) in [4.78, 5) is 5.52. The van der Waals surface area contributed by atoms with Gasteiger partial charge in [0.25, 0.3) is 0 Å². The average molecular weight is 243 g/mol. The lowest BCUT2D eigenvalue weighted by molar-refractivity contribution is 0.801. The Morgan fingerprint density at radius 2 is 1.93 bits per heavy atom. The molecule has 0 fully saturated rings. The average Bonchev–Trinajstić information content (AvgIpc) is 2.19. The van der Waals surface area contributed by atoms with E-state index >= 15 is 0 Å². The summed E-state index contributed by atoms with van der Waals surface area (Å²) in [5.41, 5.74) is 1.07. The number of aromatic nitrogens is 1. The quantitative estimate of drug-likeness (QED) is 0.609. The zero-order valence-corrected chi connectivity index (χ0v) is 12.0. The first-order valence-electron chi connectivity index (χ1n) is 5.27. The predicted molar refractivity (Wildman–Crippen MR) is 73.9 cm³/mol. The van der Waals surface area contributed by atoms with Gasteiger partial charge in [-0.15, -0.1) is 11.8 Å². The van der Waals surface area contributed by atoms with E-state index in [0.717, 1.165) is 5.69 Å². The van der Waals surface area contributed by atoms with Gasteiger partial charge in [0.15, 0.2) is 0 Å².